The minimum absolute atomic E-state index is 0.243. The summed E-state index contributed by atoms with van der Waals surface area (Å²) < 4.78 is 16.4. The van der Waals surface area contributed by atoms with E-state index < -0.39 is 23.9 Å². The van der Waals surface area contributed by atoms with Crippen LogP contribution >= 0.6 is 0 Å². The summed E-state index contributed by atoms with van der Waals surface area (Å²) in [6.45, 7) is 6.23. The van der Waals surface area contributed by atoms with Gasteiger partial charge in [0.2, 0.25) is 5.91 Å². The van der Waals surface area contributed by atoms with Gasteiger partial charge in [-0.2, -0.15) is 0 Å². The number of carbonyl (C=O) groups is 3. The molecule has 2 aromatic rings. The first-order valence-electron chi connectivity index (χ1n) is 9.67. The first kappa shape index (κ1) is 22.7. The lowest BCUT2D eigenvalue weighted by atomic mass is 10.2. The standard InChI is InChI=1S/C22H26N2O6/c1-4-12-29-18-11-8-16(13-19(18)28-5-2)22(27)30-14(3)21(26)24-17-9-6-15(7-10-17)20(23)25/h6-11,13-14H,4-5,12H2,1-3H3,(H2,23,25)(H,24,26)/t14-/m1/s1. The summed E-state index contributed by atoms with van der Waals surface area (Å²) in [4.78, 5) is 35.9. The third-order valence-electron chi connectivity index (χ3n) is 4.03. The zero-order valence-corrected chi connectivity index (χ0v) is 17.3. The second-order valence-electron chi connectivity index (χ2n) is 6.42. The number of anilines is 1. The highest BCUT2D eigenvalue weighted by molar-refractivity contribution is 5.98. The van der Waals surface area contributed by atoms with Crippen LogP contribution in [0.25, 0.3) is 0 Å². The molecule has 2 rings (SSSR count). The van der Waals surface area contributed by atoms with Crippen LogP contribution in [-0.2, 0) is 9.53 Å². The molecule has 8 nitrogen and oxygen atoms in total. The molecular formula is C22H26N2O6. The van der Waals surface area contributed by atoms with Crippen molar-refractivity contribution in [1.82, 2.24) is 0 Å². The Morgan fingerprint density at radius 1 is 0.967 bits per heavy atom. The minimum Gasteiger partial charge on any atom is -0.490 e. The number of ether oxygens (including phenoxy) is 3. The van der Waals surface area contributed by atoms with Crippen LogP contribution in [-0.4, -0.2) is 37.1 Å². The Morgan fingerprint density at radius 2 is 1.63 bits per heavy atom. The zero-order valence-electron chi connectivity index (χ0n) is 17.3. The largest absolute Gasteiger partial charge is 0.490 e. The van der Waals surface area contributed by atoms with Crippen LogP contribution in [0.3, 0.4) is 0 Å². The summed E-state index contributed by atoms with van der Waals surface area (Å²) in [5, 5.41) is 2.62. The molecule has 1 atom stereocenters. The van der Waals surface area contributed by atoms with Gasteiger partial charge in [0, 0.05) is 11.3 Å². The molecule has 0 saturated heterocycles. The van der Waals surface area contributed by atoms with Gasteiger partial charge in [-0.15, -0.1) is 0 Å². The average molecular weight is 414 g/mol. The number of hydrogen-bond donors (Lipinski definition) is 2. The highest BCUT2D eigenvalue weighted by Crippen LogP contribution is 2.29. The van der Waals surface area contributed by atoms with Crippen molar-refractivity contribution in [2.75, 3.05) is 18.5 Å². The van der Waals surface area contributed by atoms with Gasteiger partial charge in [-0.1, -0.05) is 6.92 Å². The van der Waals surface area contributed by atoms with Crippen LogP contribution in [0.15, 0.2) is 42.5 Å². The molecule has 30 heavy (non-hydrogen) atoms. The topological polar surface area (TPSA) is 117 Å². The molecular weight excluding hydrogens is 388 g/mol. The number of benzene rings is 2. The van der Waals surface area contributed by atoms with E-state index in [-0.39, 0.29) is 5.56 Å². The van der Waals surface area contributed by atoms with Crippen molar-refractivity contribution in [3.63, 3.8) is 0 Å². The second kappa shape index (κ2) is 10.8. The Balaban J connectivity index is 2.02. The summed E-state index contributed by atoms with van der Waals surface area (Å²) in [7, 11) is 0. The van der Waals surface area contributed by atoms with Crippen molar-refractivity contribution in [2.24, 2.45) is 5.73 Å². The Hall–Kier alpha value is -3.55. The Morgan fingerprint density at radius 3 is 2.23 bits per heavy atom. The summed E-state index contributed by atoms with van der Waals surface area (Å²) in [5.74, 6) is -0.756. The van der Waals surface area contributed by atoms with Gasteiger partial charge in [0.15, 0.2) is 17.6 Å². The molecule has 0 aliphatic heterocycles. The van der Waals surface area contributed by atoms with Gasteiger partial charge in [-0.25, -0.2) is 4.79 Å². The maximum absolute atomic E-state index is 12.5. The maximum atomic E-state index is 12.5. The van der Waals surface area contributed by atoms with E-state index in [4.69, 9.17) is 19.9 Å². The van der Waals surface area contributed by atoms with Crippen LogP contribution in [0.2, 0.25) is 0 Å². The molecule has 2 aromatic carbocycles. The first-order chi connectivity index (χ1) is 14.3. The zero-order chi connectivity index (χ0) is 22.1. The Bertz CT molecular complexity index is 895. The molecule has 8 heteroatoms. The van der Waals surface area contributed by atoms with Gasteiger partial charge in [-0.05, 0) is 62.7 Å². The van der Waals surface area contributed by atoms with Crippen molar-refractivity contribution >= 4 is 23.5 Å². The van der Waals surface area contributed by atoms with Crippen molar-refractivity contribution in [1.29, 1.82) is 0 Å². The third kappa shape index (κ3) is 6.23. The fraction of sp³-hybridized carbons (Fsp3) is 0.318. The number of rotatable bonds is 10. The van der Waals surface area contributed by atoms with Crippen molar-refractivity contribution in [3.05, 3.63) is 53.6 Å². The number of hydrogen-bond acceptors (Lipinski definition) is 6. The molecule has 0 unspecified atom stereocenters. The molecule has 2 amide bonds. The van der Waals surface area contributed by atoms with Crippen LogP contribution < -0.4 is 20.5 Å². The molecule has 0 radical (unpaired) electrons. The van der Waals surface area contributed by atoms with Gasteiger partial charge in [0.25, 0.3) is 5.91 Å². The van der Waals surface area contributed by atoms with E-state index in [1.807, 2.05) is 13.8 Å². The molecule has 0 bridgehead atoms. The number of esters is 1. The lowest BCUT2D eigenvalue weighted by Crippen LogP contribution is -2.30. The monoisotopic (exact) mass is 414 g/mol. The lowest BCUT2D eigenvalue weighted by molar-refractivity contribution is -0.123. The first-order valence-corrected chi connectivity index (χ1v) is 9.67. The molecule has 3 N–H and O–H groups in total. The number of amides is 2. The quantitative estimate of drug-likeness (QED) is 0.577. The van der Waals surface area contributed by atoms with E-state index in [0.29, 0.717) is 36.0 Å². The van der Waals surface area contributed by atoms with Gasteiger partial charge in [0.1, 0.15) is 0 Å². The van der Waals surface area contributed by atoms with E-state index in [9.17, 15) is 14.4 Å². The van der Waals surface area contributed by atoms with Gasteiger partial charge in [0.05, 0.1) is 18.8 Å². The number of nitrogens with two attached hydrogens (primary N) is 1. The summed E-state index contributed by atoms with van der Waals surface area (Å²) in [6.07, 6.45) is -0.201. The van der Waals surface area contributed by atoms with E-state index in [0.717, 1.165) is 6.42 Å². The van der Waals surface area contributed by atoms with E-state index in [1.165, 1.54) is 37.3 Å². The number of carbonyl (C=O) groups excluding carboxylic acids is 3. The summed E-state index contributed by atoms with van der Waals surface area (Å²) in [5.41, 5.74) is 6.20. The van der Waals surface area contributed by atoms with E-state index in [2.05, 4.69) is 5.32 Å². The molecule has 160 valence electrons. The van der Waals surface area contributed by atoms with Gasteiger partial charge >= 0.3 is 5.97 Å². The highest BCUT2D eigenvalue weighted by atomic mass is 16.5. The van der Waals surface area contributed by atoms with Crippen LogP contribution in [0.1, 0.15) is 47.9 Å². The molecule has 0 spiro atoms. The minimum atomic E-state index is -1.04. The highest BCUT2D eigenvalue weighted by Gasteiger charge is 2.20. The normalized spacial score (nSPS) is 11.3. The van der Waals surface area contributed by atoms with Crippen LogP contribution in [0.4, 0.5) is 5.69 Å². The van der Waals surface area contributed by atoms with Gasteiger partial charge in [-0.3, -0.25) is 9.59 Å². The second-order valence-corrected chi connectivity index (χ2v) is 6.42. The fourth-order valence-electron chi connectivity index (χ4n) is 2.48. The Kier molecular flexibility index (Phi) is 8.22. The van der Waals surface area contributed by atoms with Crippen LogP contribution in [0, 0.1) is 0 Å². The van der Waals surface area contributed by atoms with E-state index in [1.54, 1.807) is 12.1 Å². The third-order valence-corrected chi connectivity index (χ3v) is 4.03. The van der Waals surface area contributed by atoms with Crippen molar-refractivity contribution in [3.8, 4) is 11.5 Å². The SMILES string of the molecule is CCCOc1ccc(C(=O)O[C@H](C)C(=O)Nc2ccc(C(N)=O)cc2)cc1OCC. The summed E-state index contributed by atoms with van der Waals surface area (Å²) >= 11 is 0. The van der Waals surface area contributed by atoms with Crippen LogP contribution in [0.5, 0.6) is 11.5 Å². The maximum Gasteiger partial charge on any atom is 0.339 e. The predicted molar refractivity (Wildman–Crippen MR) is 112 cm³/mol. The predicted octanol–water partition coefficient (Wildman–Crippen LogP) is 3.16. The van der Waals surface area contributed by atoms with Crippen molar-refractivity contribution < 1.29 is 28.6 Å². The lowest BCUT2D eigenvalue weighted by Gasteiger charge is -2.15. The van der Waals surface area contributed by atoms with Gasteiger partial charge < -0.3 is 25.3 Å². The average Bonchev–Trinajstić information content (AvgIpc) is 2.73. The van der Waals surface area contributed by atoms with E-state index >= 15 is 0 Å². The molecule has 0 aliphatic rings. The molecule has 0 aromatic heterocycles. The number of nitrogens with one attached hydrogen (secondary N) is 1. The summed E-state index contributed by atoms with van der Waals surface area (Å²) in [6, 6.07) is 10.8. The molecule has 0 fully saturated rings. The molecule has 0 saturated carbocycles. The fourth-order valence-corrected chi connectivity index (χ4v) is 2.48. The Labute approximate surface area is 175 Å². The number of primary amides is 1. The smallest absolute Gasteiger partial charge is 0.339 e. The molecule has 0 heterocycles. The van der Waals surface area contributed by atoms with Crippen molar-refractivity contribution in [2.45, 2.75) is 33.3 Å². The molecule has 0 aliphatic carbocycles.